The Morgan fingerprint density at radius 2 is 1.65 bits per heavy atom. The molecule has 1 N–H and O–H groups in total. The maximum absolute atomic E-state index is 4.57. The molecule has 1 aromatic carbocycles. The number of thiophene rings is 1. The quantitative estimate of drug-likeness (QED) is 0.532. The van der Waals surface area contributed by atoms with Gasteiger partial charge >= 0.3 is 0 Å². The van der Waals surface area contributed by atoms with E-state index in [1.165, 1.54) is 19.3 Å². The lowest BCUT2D eigenvalue weighted by Gasteiger charge is -2.27. The molecular weight excluding hydrogens is 340 g/mol. The average Bonchev–Trinajstić information content (AvgIpc) is 3.15. The fourth-order valence-electron chi connectivity index (χ4n) is 3.25. The summed E-state index contributed by atoms with van der Waals surface area (Å²) in [5, 5.41) is 14.9. The fraction of sp³-hybridized carbons (Fsp3) is 0.190. The van der Waals surface area contributed by atoms with Crippen LogP contribution in [0.3, 0.4) is 0 Å². The third kappa shape index (κ3) is 2.74. The van der Waals surface area contributed by atoms with Crippen molar-refractivity contribution in [1.29, 1.82) is 0 Å². The number of hydrogen-bond acceptors (Lipinski definition) is 5. The van der Waals surface area contributed by atoms with Gasteiger partial charge in [-0.25, -0.2) is 0 Å². The molecule has 0 radical (unpaired) electrons. The number of hydrogen-bond donors (Lipinski definition) is 1. The summed E-state index contributed by atoms with van der Waals surface area (Å²) in [4.78, 5) is 6.70. The second-order valence-electron chi connectivity index (χ2n) is 6.59. The predicted molar refractivity (Wildman–Crippen MR) is 107 cm³/mol. The first kappa shape index (κ1) is 15.5. The highest BCUT2D eigenvalue weighted by Gasteiger charge is 2.20. The highest BCUT2D eigenvalue weighted by molar-refractivity contribution is 7.18. The first-order chi connectivity index (χ1) is 12.9. The Labute approximate surface area is 155 Å². The molecule has 5 rings (SSSR count). The van der Waals surface area contributed by atoms with E-state index in [4.69, 9.17) is 0 Å². The normalized spacial score (nSPS) is 14.3. The second kappa shape index (κ2) is 6.50. The van der Waals surface area contributed by atoms with E-state index >= 15 is 0 Å². The zero-order chi connectivity index (χ0) is 17.3. The van der Waals surface area contributed by atoms with Gasteiger partial charge in [-0.05, 0) is 43.5 Å². The van der Waals surface area contributed by atoms with Crippen LogP contribution in [0, 0.1) is 0 Å². The summed E-state index contributed by atoms with van der Waals surface area (Å²) < 4.78 is 0. The molecule has 0 aliphatic heterocycles. The molecule has 0 spiro atoms. The number of anilines is 1. The van der Waals surface area contributed by atoms with E-state index in [2.05, 4.69) is 56.9 Å². The fourth-order valence-corrected chi connectivity index (χ4v) is 4.23. The molecule has 0 saturated heterocycles. The summed E-state index contributed by atoms with van der Waals surface area (Å²) in [6.07, 6.45) is 5.56. The molecule has 1 fully saturated rings. The van der Waals surface area contributed by atoms with Crippen LogP contribution in [0.5, 0.6) is 0 Å². The van der Waals surface area contributed by atoms with Crippen LogP contribution >= 0.6 is 11.3 Å². The van der Waals surface area contributed by atoms with Crippen LogP contribution in [0.25, 0.3) is 31.9 Å². The molecular formula is C21H18N4S. The van der Waals surface area contributed by atoms with Gasteiger partial charge in [0, 0.05) is 23.0 Å². The minimum Gasteiger partial charge on any atom is -0.365 e. The zero-order valence-electron chi connectivity index (χ0n) is 14.2. The lowest BCUT2D eigenvalue weighted by atomic mass is 9.93. The highest BCUT2D eigenvalue weighted by Crippen LogP contribution is 2.37. The Balaban J connectivity index is 1.57. The first-order valence-electron chi connectivity index (χ1n) is 8.92. The molecule has 3 heterocycles. The lowest BCUT2D eigenvalue weighted by molar-refractivity contribution is 0.444. The van der Waals surface area contributed by atoms with Crippen LogP contribution in [0.15, 0.2) is 60.8 Å². The van der Waals surface area contributed by atoms with Crippen LogP contribution in [-0.2, 0) is 0 Å². The van der Waals surface area contributed by atoms with Crippen molar-refractivity contribution in [3.63, 3.8) is 0 Å². The van der Waals surface area contributed by atoms with Gasteiger partial charge in [0.05, 0.1) is 15.4 Å². The van der Waals surface area contributed by atoms with Gasteiger partial charge in [-0.2, -0.15) is 0 Å². The Kier molecular flexibility index (Phi) is 3.87. The van der Waals surface area contributed by atoms with E-state index in [1.807, 2.05) is 24.4 Å². The Bertz CT molecular complexity index is 1050. The Hall–Kier alpha value is -2.79. The largest absolute Gasteiger partial charge is 0.365 e. The van der Waals surface area contributed by atoms with E-state index in [9.17, 15) is 0 Å². The summed E-state index contributed by atoms with van der Waals surface area (Å²) >= 11 is 1.70. The molecule has 26 heavy (non-hydrogen) atoms. The Morgan fingerprint density at radius 3 is 2.42 bits per heavy atom. The summed E-state index contributed by atoms with van der Waals surface area (Å²) in [5.41, 5.74) is 1.93. The number of aromatic nitrogens is 3. The molecule has 0 unspecified atom stereocenters. The first-order valence-corrected chi connectivity index (χ1v) is 9.74. The van der Waals surface area contributed by atoms with Crippen molar-refractivity contribution >= 4 is 27.9 Å². The summed E-state index contributed by atoms with van der Waals surface area (Å²) in [6, 6.07) is 19.1. The van der Waals surface area contributed by atoms with Crippen molar-refractivity contribution in [2.45, 2.75) is 25.3 Å². The summed E-state index contributed by atoms with van der Waals surface area (Å²) in [5.74, 6) is 0.899. The van der Waals surface area contributed by atoms with Crippen molar-refractivity contribution < 1.29 is 0 Å². The second-order valence-corrected chi connectivity index (χ2v) is 7.68. The third-order valence-corrected chi connectivity index (χ3v) is 6.00. The molecule has 0 bridgehead atoms. The van der Waals surface area contributed by atoms with Crippen LogP contribution in [0.4, 0.5) is 5.82 Å². The lowest BCUT2D eigenvalue weighted by Crippen LogP contribution is -2.27. The van der Waals surface area contributed by atoms with Crippen molar-refractivity contribution in [2.75, 3.05) is 5.32 Å². The third-order valence-electron chi connectivity index (χ3n) is 4.89. The van der Waals surface area contributed by atoms with Crippen LogP contribution < -0.4 is 5.32 Å². The molecule has 128 valence electrons. The molecule has 3 aromatic heterocycles. The Morgan fingerprint density at radius 1 is 0.846 bits per heavy atom. The van der Waals surface area contributed by atoms with Gasteiger partial charge in [0.2, 0.25) is 0 Å². The number of fused-ring (bicyclic) bond motifs is 1. The monoisotopic (exact) mass is 358 g/mol. The van der Waals surface area contributed by atoms with Gasteiger partial charge in [0.1, 0.15) is 5.69 Å². The van der Waals surface area contributed by atoms with E-state index in [0.29, 0.717) is 6.04 Å². The van der Waals surface area contributed by atoms with E-state index < -0.39 is 0 Å². The van der Waals surface area contributed by atoms with Gasteiger partial charge in [0.15, 0.2) is 5.82 Å². The molecule has 5 heteroatoms. The number of rotatable bonds is 4. The number of benzene rings is 1. The SMILES string of the molecule is c1ccc(-c2ccc(-c3nnc(NC4CCC4)c4ccccc34)s2)nc1. The van der Waals surface area contributed by atoms with Gasteiger partial charge in [-0.1, -0.05) is 30.3 Å². The van der Waals surface area contributed by atoms with E-state index in [0.717, 1.165) is 37.7 Å². The van der Waals surface area contributed by atoms with Crippen molar-refractivity contribution in [3.05, 3.63) is 60.8 Å². The van der Waals surface area contributed by atoms with Gasteiger partial charge < -0.3 is 5.32 Å². The van der Waals surface area contributed by atoms with Crippen LogP contribution in [0.2, 0.25) is 0 Å². The molecule has 1 aliphatic carbocycles. The molecule has 0 atom stereocenters. The highest BCUT2D eigenvalue weighted by atomic mass is 32.1. The zero-order valence-corrected chi connectivity index (χ0v) is 15.0. The molecule has 1 saturated carbocycles. The smallest absolute Gasteiger partial charge is 0.156 e. The van der Waals surface area contributed by atoms with Gasteiger partial charge in [-0.15, -0.1) is 21.5 Å². The van der Waals surface area contributed by atoms with Crippen molar-refractivity contribution in [1.82, 2.24) is 15.2 Å². The minimum atomic E-state index is 0.538. The summed E-state index contributed by atoms with van der Waals surface area (Å²) in [6.45, 7) is 0. The van der Waals surface area contributed by atoms with Crippen LogP contribution in [0.1, 0.15) is 19.3 Å². The molecule has 4 nitrogen and oxygen atoms in total. The summed E-state index contributed by atoms with van der Waals surface area (Å²) in [7, 11) is 0. The molecule has 0 amide bonds. The predicted octanol–water partition coefficient (Wildman–Crippen LogP) is 5.38. The van der Waals surface area contributed by atoms with E-state index in [1.54, 1.807) is 11.3 Å². The maximum Gasteiger partial charge on any atom is 0.156 e. The minimum absolute atomic E-state index is 0.538. The van der Waals surface area contributed by atoms with Crippen LogP contribution in [-0.4, -0.2) is 21.2 Å². The maximum atomic E-state index is 4.57. The standard InChI is InChI=1S/C21H18N4S/c1-2-9-16-15(8-1)20(24-25-21(16)23-14-6-5-7-14)19-12-11-18(26-19)17-10-3-4-13-22-17/h1-4,8-14H,5-7H2,(H,23,25). The van der Waals surface area contributed by atoms with Gasteiger partial charge in [0.25, 0.3) is 0 Å². The number of nitrogens with one attached hydrogen (secondary N) is 1. The topological polar surface area (TPSA) is 50.7 Å². The van der Waals surface area contributed by atoms with E-state index in [-0.39, 0.29) is 0 Å². The number of pyridine rings is 1. The van der Waals surface area contributed by atoms with Crippen molar-refractivity contribution in [3.8, 4) is 21.1 Å². The van der Waals surface area contributed by atoms with Crippen molar-refractivity contribution in [2.24, 2.45) is 0 Å². The van der Waals surface area contributed by atoms with Gasteiger partial charge in [-0.3, -0.25) is 4.98 Å². The number of nitrogens with zero attached hydrogens (tertiary/aromatic N) is 3. The average molecular weight is 358 g/mol. The molecule has 4 aromatic rings. The molecule has 1 aliphatic rings.